The molecular formula is C13H20N2OS2. The van der Waals surface area contributed by atoms with Crippen LogP contribution in [-0.2, 0) is 4.79 Å². The standard InChI is InChI=1S/C13H20N2OS2/c1-17-13(10-14)5-7-15(8-6-13)12(16)11-4-2-3-9-18-11/h11H,2-9H2,1H3. The van der Waals surface area contributed by atoms with Crippen LogP contribution in [0.15, 0.2) is 0 Å². The molecular weight excluding hydrogens is 264 g/mol. The van der Waals surface area contributed by atoms with Gasteiger partial charge in [0.2, 0.25) is 5.91 Å². The molecule has 2 fully saturated rings. The summed E-state index contributed by atoms with van der Waals surface area (Å²) in [6, 6.07) is 2.43. The molecule has 0 aliphatic carbocycles. The maximum Gasteiger partial charge on any atom is 0.235 e. The SMILES string of the molecule is CSC1(C#N)CCN(C(=O)C2CCCCS2)CC1. The number of hydrogen-bond acceptors (Lipinski definition) is 4. The number of thioether (sulfide) groups is 2. The van der Waals surface area contributed by atoms with Crippen molar-refractivity contribution in [3.63, 3.8) is 0 Å². The number of amides is 1. The van der Waals surface area contributed by atoms with Crippen molar-refractivity contribution in [1.82, 2.24) is 4.90 Å². The van der Waals surface area contributed by atoms with Crippen LogP contribution in [0.5, 0.6) is 0 Å². The summed E-state index contributed by atoms with van der Waals surface area (Å²) in [5.41, 5.74) is 0. The molecule has 0 aromatic heterocycles. The van der Waals surface area contributed by atoms with E-state index in [0.717, 1.165) is 38.1 Å². The molecule has 0 N–H and O–H groups in total. The summed E-state index contributed by atoms with van der Waals surface area (Å²) in [5, 5.41) is 9.42. The highest BCUT2D eigenvalue weighted by atomic mass is 32.2. The van der Waals surface area contributed by atoms with Crippen LogP contribution in [0.4, 0.5) is 0 Å². The van der Waals surface area contributed by atoms with Crippen LogP contribution in [0.1, 0.15) is 32.1 Å². The van der Waals surface area contributed by atoms with E-state index in [1.807, 2.05) is 22.9 Å². The molecule has 0 bridgehead atoms. The average molecular weight is 284 g/mol. The highest BCUT2D eigenvalue weighted by Crippen LogP contribution is 2.35. The Morgan fingerprint density at radius 1 is 1.44 bits per heavy atom. The zero-order valence-electron chi connectivity index (χ0n) is 10.9. The van der Waals surface area contributed by atoms with Crippen LogP contribution in [0.25, 0.3) is 0 Å². The smallest absolute Gasteiger partial charge is 0.235 e. The quantitative estimate of drug-likeness (QED) is 0.781. The largest absolute Gasteiger partial charge is 0.342 e. The highest BCUT2D eigenvalue weighted by molar-refractivity contribution is 8.00. The second-order valence-electron chi connectivity index (χ2n) is 4.99. The molecule has 2 aliphatic heterocycles. The molecule has 5 heteroatoms. The molecule has 0 spiro atoms. The number of nitrogens with zero attached hydrogens (tertiary/aromatic N) is 2. The molecule has 1 amide bonds. The second kappa shape index (κ2) is 6.21. The maximum absolute atomic E-state index is 12.4. The van der Waals surface area contributed by atoms with Gasteiger partial charge in [0.25, 0.3) is 0 Å². The van der Waals surface area contributed by atoms with Crippen LogP contribution in [0.3, 0.4) is 0 Å². The van der Waals surface area contributed by atoms with E-state index in [9.17, 15) is 10.1 Å². The van der Waals surface area contributed by atoms with E-state index < -0.39 is 0 Å². The fourth-order valence-corrected chi connectivity index (χ4v) is 4.55. The van der Waals surface area contributed by atoms with Gasteiger partial charge in [0.1, 0.15) is 4.75 Å². The van der Waals surface area contributed by atoms with Gasteiger partial charge < -0.3 is 4.90 Å². The van der Waals surface area contributed by atoms with Gasteiger partial charge in [0, 0.05) is 13.1 Å². The predicted octanol–water partition coefficient (Wildman–Crippen LogP) is 2.52. The molecule has 1 atom stereocenters. The molecule has 3 nitrogen and oxygen atoms in total. The Morgan fingerprint density at radius 2 is 2.17 bits per heavy atom. The molecule has 0 radical (unpaired) electrons. The van der Waals surface area contributed by atoms with E-state index in [1.165, 1.54) is 12.8 Å². The fraction of sp³-hybridized carbons (Fsp3) is 0.846. The summed E-state index contributed by atoms with van der Waals surface area (Å²) in [4.78, 5) is 14.3. The summed E-state index contributed by atoms with van der Waals surface area (Å²) in [6.45, 7) is 1.51. The van der Waals surface area contributed by atoms with Gasteiger partial charge in [-0.3, -0.25) is 4.79 Å². The van der Waals surface area contributed by atoms with Gasteiger partial charge in [-0.2, -0.15) is 5.26 Å². The molecule has 2 saturated heterocycles. The summed E-state index contributed by atoms with van der Waals surface area (Å²) in [6.07, 6.45) is 7.09. The van der Waals surface area contributed by atoms with E-state index in [-0.39, 0.29) is 10.00 Å². The van der Waals surface area contributed by atoms with E-state index in [2.05, 4.69) is 6.07 Å². The third-order valence-electron chi connectivity index (χ3n) is 3.93. The molecule has 0 aromatic carbocycles. The van der Waals surface area contributed by atoms with Crippen LogP contribution in [0.2, 0.25) is 0 Å². The van der Waals surface area contributed by atoms with Crippen molar-refractivity contribution in [1.29, 1.82) is 5.26 Å². The Hall–Kier alpha value is -0.340. The van der Waals surface area contributed by atoms with Gasteiger partial charge in [0.15, 0.2) is 0 Å². The third-order valence-corrected chi connectivity index (χ3v) is 6.58. The minimum Gasteiger partial charge on any atom is -0.342 e. The van der Waals surface area contributed by atoms with Crippen molar-refractivity contribution in [3.05, 3.63) is 0 Å². The van der Waals surface area contributed by atoms with E-state index in [0.29, 0.717) is 5.91 Å². The van der Waals surface area contributed by atoms with Gasteiger partial charge in [0.05, 0.1) is 11.3 Å². The fourth-order valence-electron chi connectivity index (χ4n) is 2.59. The van der Waals surface area contributed by atoms with Crippen LogP contribution in [0, 0.1) is 11.3 Å². The van der Waals surface area contributed by atoms with E-state index in [4.69, 9.17) is 0 Å². The van der Waals surface area contributed by atoms with Crippen molar-refractivity contribution in [2.45, 2.75) is 42.1 Å². The van der Waals surface area contributed by atoms with Crippen LogP contribution < -0.4 is 0 Å². The summed E-state index contributed by atoms with van der Waals surface area (Å²) in [5.74, 6) is 1.43. The Balaban J connectivity index is 1.89. The minimum absolute atomic E-state index is 0.183. The van der Waals surface area contributed by atoms with Crippen molar-refractivity contribution in [2.75, 3.05) is 25.1 Å². The van der Waals surface area contributed by atoms with Crippen molar-refractivity contribution >= 4 is 29.4 Å². The average Bonchev–Trinajstić information content (AvgIpc) is 2.47. The first-order valence-electron chi connectivity index (χ1n) is 6.57. The zero-order chi connectivity index (χ0) is 13.0. The molecule has 2 aliphatic rings. The van der Waals surface area contributed by atoms with Gasteiger partial charge >= 0.3 is 0 Å². The maximum atomic E-state index is 12.4. The Morgan fingerprint density at radius 3 is 2.67 bits per heavy atom. The lowest BCUT2D eigenvalue weighted by Crippen LogP contribution is -2.47. The Kier molecular flexibility index (Phi) is 4.85. The topological polar surface area (TPSA) is 44.1 Å². The lowest BCUT2D eigenvalue weighted by atomic mass is 9.97. The molecule has 1 unspecified atom stereocenters. The first-order chi connectivity index (χ1) is 8.71. The number of carbonyl (C=O) groups excluding carboxylic acids is 1. The van der Waals surface area contributed by atoms with Crippen molar-refractivity contribution < 1.29 is 4.79 Å². The van der Waals surface area contributed by atoms with Crippen LogP contribution >= 0.6 is 23.5 Å². The number of carbonyl (C=O) groups is 1. The number of nitriles is 1. The normalized spacial score (nSPS) is 27.6. The molecule has 100 valence electrons. The van der Waals surface area contributed by atoms with Gasteiger partial charge in [-0.25, -0.2) is 0 Å². The van der Waals surface area contributed by atoms with Gasteiger partial charge in [-0.05, 0) is 37.7 Å². The zero-order valence-corrected chi connectivity index (χ0v) is 12.5. The number of hydrogen-bond donors (Lipinski definition) is 0. The number of rotatable bonds is 2. The number of likely N-dealkylation sites (tertiary alicyclic amines) is 1. The third kappa shape index (κ3) is 2.97. The van der Waals surface area contributed by atoms with Gasteiger partial charge in [-0.15, -0.1) is 23.5 Å². The highest BCUT2D eigenvalue weighted by Gasteiger charge is 2.37. The first-order valence-corrected chi connectivity index (χ1v) is 8.85. The Labute approximate surface area is 118 Å². The Bertz CT molecular complexity index is 339. The van der Waals surface area contributed by atoms with Crippen molar-refractivity contribution in [2.24, 2.45) is 0 Å². The molecule has 0 aromatic rings. The van der Waals surface area contributed by atoms with Gasteiger partial charge in [-0.1, -0.05) is 6.42 Å². The minimum atomic E-state index is -0.253. The lowest BCUT2D eigenvalue weighted by molar-refractivity contribution is -0.131. The number of piperidine rings is 1. The molecule has 2 heterocycles. The summed E-state index contributed by atoms with van der Waals surface area (Å²) in [7, 11) is 0. The monoisotopic (exact) mass is 284 g/mol. The predicted molar refractivity (Wildman–Crippen MR) is 77.8 cm³/mol. The summed E-state index contributed by atoms with van der Waals surface area (Å²) < 4.78 is -0.253. The molecule has 2 rings (SSSR count). The molecule has 0 saturated carbocycles. The van der Waals surface area contributed by atoms with E-state index in [1.54, 1.807) is 11.8 Å². The summed E-state index contributed by atoms with van der Waals surface area (Å²) >= 11 is 3.45. The molecule has 18 heavy (non-hydrogen) atoms. The first kappa shape index (κ1) is 14.1. The van der Waals surface area contributed by atoms with Crippen molar-refractivity contribution in [3.8, 4) is 6.07 Å². The van der Waals surface area contributed by atoms with E-state index >= 15 is 0 Å². The second-order valence-corrected chi connectivity index (χ2v) is 7.49. The van der Waals surface area contributed by atoms with Crippen LogP contribution in [-0.4, -0.2) is 45.9 Å². The lowest BCUT2D eigenvalue weighted by Gasteiger charge is -2.38.